The maximum atomic E-state index is 12.9. The van der Waals surface area contributed by atoms with Crippen LogP contribution < -0.4 is 0 Å². The Balaban J connectivity index is 1.96. The van der Waals surface area contributed by atoms with Crippen molar-refractivity contribution in [2.45, 2.75) is 6.61 Å². The van der Waals surface area contributed by atoms with Gasteiger partial charge in [0.15, 0.2) is 0 Å². The number of halogens is 1. The van der Waals surface area contributed by atoms with E-state index in [1.165, 1.54) is 12.1 Å². The molecule has 0 saturated heterocycles. The average Bonchev–Trinajstić information content (AvgIpc) is 2.44. The standard InChI is InChI=1S/C15H10FN2O/c16-15-7-3-4-12(8-15)11-19-18-10-14-6-2-1-5-13(14)9-17/h1-8H,11H2. The Labute approximate surface area is 110 Å². The van der Waals surface area contributed by atoms with Crippen LogP contribution in [0.3, 0.4) is 0 Å². The zero-order chi connectivity index (χ0) is 13.5. The van der Waals surface area contributed by atoms with Crippen LogP contribution >= 0.6 is 0 Å². The number of rotatable bonds is 4. The molecule has 0 fully saturated rings. The minimum Gasteiger partial charge on any atom is -0.390 e. The van der Waals surface area contributed by atoms with Gasteiger partial charge in [0.2, 0.25) is 0 Å². The highest BCUT2D eigenvalue weighted by atomic mass is 19.1. The summed E-state index contributed by atoms with van der Waals surface area (Å²) < 4.78 is 12.9. The van der Waals surface area contributed by atoms with Crippen molar-refractivity contribution in [3.63, 3.8) is 0 Å². The third-order valence-electron chi connectivity index (χ3n) is 2.40. The molecule has 0 spiro atoms. The molecule has 1 radical (unpaired) electrons. The molecule has 3 nitrogen and oxygen atoms in total. The lowest BCUT2D eigenvalue weighted by Crippen LogP contribution is -1.91. The van der Waals surface area contributed by atoms with Gasteiger partial charge in [0, 0.05) is 5.56 Å². The minimum atomic E-state index is -0.316. The van der Waals surface area contributed by atoms with E-state index in [2.05, 4.69) is 11.4 Å². The van der Waals surface area contributed by atoms with Crippen LogP contribution in [0.4, 0.5) is 4.39 Å². The normalized spacial score (nSPS) is 10.3. The molecule has 0 unspecified atom stereocenters. The molecule has 2 aromatic carbocycles. The number of nitriles is 1. The molecule has 93 valence electrons. The van der Waals surface area contributed by atoms with E-state index in [1.807, 2.05) is 6.07 Å². The van der Waals surface area contributed by atoms with E-state index in [9.17, 15) is 4.39 Å². The number of hydrogen-bond acceptors (Lipinski definition) is 3. The van der Waals surface area contributed by atoms with E-state index < -0.39 is 0 Å². The third kappa shape index (κ3) is 3.65. The maximum absolute atomic E-state index is 12.9. The number of hydrogen-bond donors (Lipinski definition) is 0. The summed E-state index contributed by atoms with van der Waals surface area (Å²) in [7, 11) is 0. The summed E-state index contributed by atoms with van der Waals surface area (Å²) in [5, 5.41) is 12.5. The summed E-state index contributed by atoms with van der Waals surface area (Å²) in [5.74, 6) is -0.316. The molecule has 0 N–H and O–H groups in total. The van der Waals surface area contributed by atoms with Gasteiger partial charge < -0.3 is 4.84 Å². The van der Waals surface area contributed by atoms with Crippen molar-refractivity contribution in [2.24, 2.45) is 5.16 Å². The van der Waals surface area contributed by atoms with Crippen LogP contribution in [0.25, 0.3) is 0 Å². The van der Waals surface area contributed by atoms with Crippen molar-refractivity contribution in [3.05, 3.63) is 71.0 Å². The van der Waals surface area contributed by atoms with Gasteiger partial charge in [-0.3, -0.25) is 0 Å². The molecule has 2 rings (SSSR count). The van der Waals surface area contributed by atoms with Gasteiger partial charge in [-0.1, -0.05) is 35.5 Å². The molecule has 0 aliphatic rings. The predicted molar refractivity (Wildman–Crippen MR) is 68.9 cm³/mol. The Morgan fingerprint density at radius 1 is 1.11 bits per heavy atom. The van der Waals surface area contributed by atoms with E-state index in [4.69, 9.17) is 10.1 Å². The molecular weight excluding hydrogens is 243 g/mol. The fraction of sp³-hybridized carbons (Fsp3) is 0.0667. The van der Waals surface area contributed by atoms with Gasteiger partial charge in [-0.25, -0.2) is 4.39 Å². The Morgan fingerprint density at radius 3 is 2.63 bits per heavy atom. The lowest BCUT2D eigenvalue weighted by atomic mass is 10.1. The fourth-order valence-electron chi connectivity index (χ4n) is 1.49. The first kappa shape index (κ1) is 12.8. The molecule has 0 atom stereocenters. The molecule has 0 aliphatic carbocycles. The molecule has 4 heteroatoms. The molecule has 0 amide bonds. The molecule has 19 heavy (non-hydrogen) atoms. The molecule has 0 aromatic heterocycles. The van der Waals surface area contributed by atoms with E-state index in [-0.39, 0.29) is 12.4 Å². The molecule has 0 saturated carbocycles. The van der Waals surface area contributed by atoms with Crippen LogP contribution in [0.15, 0.2) is 53.7 Å². The van der Waals surface area contributed by atoms with Gasteiger partial charge in [0.1, 0.15) is 18.6 Å². The third-order valence-corrected chi connectivity index (χ3v) is 2.40. The van der Waals surface area contributed by atoms with E-state index in [0.29, 0.717) is 16.7 Å². The first-order chi connectivity index (χ1) is 9.29. The lowest BCUT2D eigenvalue weighted by Gasteiger charge is -1.99. The summed E-state index contributed by atoms with van der Waals surface area (Å²) in [4.78, 5) is 5.02. The topological polar surface area (TPSA) is 45.4 Å². The second-order valence-corrected chi connectivity index (χ2v) is 3.76. The number of nitrogens with zero attached hydrogens (tertiary/aromatic N) is 2. The van der Waals surface area contributed by atoms with E-state index in [1.54, 1.807) is 36.4 Å². The summed E-state index contributed by atoms with van der Waals surface area (Å²) in [6.07, 6.45) is 2.64. The summed E-state index contributed by atoms with van der Waals surface area (Å²) >= 11 is 0. The zero-order valence-corrected chi connectivity index (χ0v) is 10.0. The van der Waals surface area contributed by atoms with Crippen LogP contribution in [0, 0.1) is 17.1 Å². The van der Waals surface area contributed by atoms with Crippen LogP contribution in [0.5, 0.6) is 0 Å². The van der Waals surface area contributed by atoms with Crippen LogP contribution in [0.2, 0.25) is 0 Å². The molecule has 0 bridgehead atoms. The smallest absolute Gasteiger partial charge is 0.142 e. The van der Waals surface area contributed by atoms with Gasteiger partial charge in [0.25, 0.3) is 0 Å². The Kier molecular flexibility index (Phi) is 4.25. The Morgan fingerprint density at radius 2 is 1.89 bits per heavy atom. The van der Waals surface area contributed by atoms with Gasteiger partial charge in [-0.2, -0.15) is 5.26 Å². The monoisotopic (exact) mass is 253 g/mol. The minimum absolute atomic E-state index is 0.152. The van der Waals surface area contributed by atoms with E-state index in [0.717, 1.165) is 0 Å². The second kappa shape index (κ2) is 6.31. The quantitative estimate of drug-likeness (QED) is 0.620. The molecule has 0 aliphatic heterocycles. The largest absolute Gasteiger partial charge is 0.390 e. The van der Waals surface area contributed by atoms with Gasteiger partial charge in [0.05, 0.1) is 11.6 Å². The van der Waals surface area contributed by atoms with Crippen molar-refractivity contribution in [2.75, 3.05) is 0 Å². The Hall–Kier alpha value is -2.67. The van der Waals surface area contributed by atoms with Crippen molar-refractivity contribution in [1.82, 2.24) is 0 Å². The average molecular weight is 253 g/mol. The van der Waals surface area contributed by atoms with Gasteiger partial charge >= 0.3 is 0 Å². The van der Waals surface area contributed by atoms with Crippen molar-refractivity contribution < 1.29 is 9.23 Å². The molecule has 2 aromatic rings. The van der Waals surface area contributed by atoms with Crippen molar-refractivity contribution in [3.8, 4) is 6.07 Å². The summed E-state index contributed by atoms with van der Waals surface area (Å²) in [6, 6.07) is 15.0. The fourth-order valence-corrected chi connectivity index (χ4v) is 1.49. The molecular formula is C15H10FN2O. The van der Waals surface area contributed by atoms with Gasteiger partial charge in [-0.05, 0) is 23.8 Å². The highest BCUT2D eigenvalue weighted by Crippen LogP contribution is 2.06. The second-order valence-electron chi connectivity index (χ2n) is 3.76. The van der Waals surface area contributed by atoms with Crippen molar-refractivity contribution >= 4 is 6.21 Å². The maximum Gasteiger partial charge on any atom is 0.142 e. The summed E-state index contributed by atoms with van der Waals surface area (Å²) in [5.41, 5.74) is 1.71. The van der Waals surface area contributed by atoms with Crippen LogP contribution in [-0.2, 0) is 11.4 Å². The van der Waals surface area contributed by atoms with Crippen LogP contribution in [0.1, 0.15) is 16.7 Å². The van der Waals surface area contributed by atoms with Crippen LogP contribution in [-0.4, -0.2) is 6.21 Å². The first-order valence-electron chi connectivity index (χ1n) is 5.61. The predicted octanol–water partition coefficient (Wildman–Crippen LogP) is 3.13. The Bertz CT molecular complexity index is 632. The zero-order valence-electron chi connectivity index (χ0n) is 10.0. The SMILES string of the molecule is N#Cc1ccccc1/[C]=N\OCc1cccc(F)c1. The number of benzene rings is 2. The first-order valence-corrected chi connectivity index (χ1v) is 5.61. The highest BCUT2D eigenvalue weighted by Gasteiger charge is 1.98. The highest BCUT2D eigenvalue weighted by molar-refractivity contribution is 5.82. The molecule has 0 heterocycles. The summed E-state index contributed by atoms with van der Waals surface area (Å²) in [6.45, 7) is 0.152. The van der Waals surface area contributed by atoms with E-state index >= 15 is 0 Å². The van der Waals surface area contributed by atoms with Crippen molar-refractivity contribution in [1.29, 1.82) is 5.26 Å². The lowest BCUT2D eigenvalue weighted by molar-refractivity contribution is 0.132. The van der Waals surface area contributed by atoms with Gasteiger partial charge in [-0.15, -0.1) is 0 Å².